The molecule has 2 rings (SSSR count). The van der Waals surface area contributed by atoms with Gasteiger partial charge in [-0.15, -0.1) is 0 Å². The molecule has 1 fully saturated rings. The molecule has 2 heterocycles. The van der Waals surface area contributed by atoms with E-state index < -0.39 is 0 Å². The van der Waals surface area contributed by atoms with Crippen LogP contribution in [0.1, 0.15) is 5.56 Å². The number of hydrogen-bond donors (Lipinski definition) is 1. The van der Waals surface area contributed by atoms with Gasteiger partial charge in [-0.25, -0.2) is 4.98 Å². The van der Waals surface area contributed by atoms with Crippen LogP contribution in [-0.4, -0.2) is 49.3 Å². The van der Waals surface area contributed by atoms with Crippen molar-refractivity contribution >= 4 is 5.82 Å². The van der Waals surface area contributed by atoms with Gasteiger partial charge >= 0.3 is 0 Å². The van der Waals surface area contributed by atoms with Crippen molar-refractivity contribution in [3.63, 3.8) is 0 Å². The molecule has 4 heteroatoms. The van der Waals surface area contributed by atoms with Crippen molar-refractivity contribution < 1.29 is 4.74 Å². The zero-order valence-electron chi connectivity index (χ0n) is 9.78. The van der Waals surface area contributed by atoms with Crippen molar-refractivity contribution in [1.29, 1.82) is 0 Å². The highest BCUT2D eigenvalue weighted by atomic mass is 16.5. The van der Waals surface area contributed by atoms with Gasteiger partial charge in [-0.2, -0.15) is 0 Å². The Morgan fingerprint density at radius 1 is 1.44 bits per heavy atom. The molecule has 0 atom stereocenters. The van der Waals surface area contributed by atoms with Crippen molar-refractivity contribution in [2.75, 3.05) is 44.7 Å². The highest BCUT2D eigenvalue weighted by Gasteiger charge is 2.09. The molecule has 0 radical (unpaired) electrons. The molecular weight excluding hydrogens is 202 g/mol. The van der Waals surface area contributed by atoms with Gasteiger partial charge in [0.2, 0.25) is 0 Å². The van der Waals surface area contributed by atoms with Crippen LogP contribution in [0.25, 0.3) is 0 Å². The van der Waals surface area contributed by atoms with Gasteiger partial charge < -0.3 is 10.1 Å². The summed E-state index contributed by atoms with van der Waals surface area (Å²) in [6.07, 6.45) is 1.82. The Balaban J connectivity index is 1.73. The number of nitrogens with zero attached hydrogens (tertiary/aromatic N) is 2. The van der Waals surface area contributed by atoms with Gasteiger partial charge in [0, 0.05) is 32.4 Å². The molecule has 0 bridgehead atoms. The number of nitrogens with one attached hydrogen (secondary N) is 1. The second-order valence-corrected chi connectivity index (χ2v) is 4.05. The van der Waals surface area contributed by atoms with E-state index in [0.29, 0.717) is 0 Å². The Kier molecular flexibility index (Phi) is 4.13. The van der Waals surface area contributed by atoms with Gasteiger partial charge in [0.1, 0.15) is 5.82 Å². The lowest BCUT2D eigenvalue weighted by Gasteiger charge is -2.26. The van der Waals surface area contributed by atoms with Gasteiger partial charge in [-0.1, -0.05) is 6.07 Å². The number of anilines is 1. The van der Waals surface area contributed by atoms with E-state index in [9.17, 15) is 0 Å². The first-order valence-electron chi connectivity index (χ1n) is 5.82. The molecule has 1 N–H and O–H groups in total. The van der Waals surface area contributed by atoms with Crippen molar-refractivity contribution in [2.45, 2.75) is 6.92 Å². The predicted molar refractivity (Wildman–Crippen MR) is 64.7 cm³/mol. The second kappa shape index (κ2) is 5.82. The normalized spacial score (nSPS) is 17.3. The maximum atomic E-state index is 5.31. The van der Waals surface area contributed by atoms with E-state index in [2.05, 4.69) is 28.2 Å². The van der Waals surface area contributed by atoms with E-state index in [4.69, 9.17) is 4.74 Å². The first-order valence-corrected chi connectivity index (χ1v) is 5.82. The smallest absolute Gasteiger partial charge is 0.128 e. The summed E-state index contributed by atoms with van der Waals surface area (Å²) in [5.74, 6) is 0.996. The lowest BCUT2D eigenvalue weighted by Crippen LogP contribution is -2.39. The molecule has 4 nitrogen and oxygen atoms in total. The fourth-order valence-electron chi connectivity index (χ4n) is 1.83. The molecule has 1 aliphatic heterocycles. The lowest BCUT2D eigenvalue weighted by atomic mass is 10.3. The van der Waals surface area contributed by atoms with Crippen LogP contribution in [0.4, 0.5) is 5.82 Å². The van der Waals surface area contributed by atoms with Crippen molar-refractivity contribution in [2.24, 2.45) is 0 Å². The maximum Gasteiger partial charge on any atom is 0.128 e. The highest BCUT2D eigenvalue weighted by molar-refractivity contribution is 5.42. The standard InChI is InChI=1S/C12H19N3O/c1-11-3-2-4-13-12(11)14-5-6-15-7-9-16-10-8-15/h2-4H,5-10H2,1H3,(H,13,14). The average Bonchev–Trinajstić information content (AvgIpc) is 2.33. The monoisotopic (exact) mass is 221 g/mol. The Bertz CT molecular complexity index is 324. The van der Waals surface area contributed by atoms with Gasteiger partial charge in [-0.05, 0) is 18.6 Å². The Hall–Kier alpha value is -1.13. The molecule has 0 saturated carbocycles. The van der Waals surface area contributed by atoms with E-state index in [0.717, 1.165) is 45.2 Å². The zero-order chi connectivity index (χ0) is 11.2. The third-order valence-electron chi connectivity index (χ3n) is 2.83. The summed E-state index contributed by atoms with van der Waals surface area (Å²) in [7, 11) is 0. The molecule has 0 amide bonds. The first kappa shape index (κ1) is 11.4. The summed E-state index contributed by atoms with van der Waals surface area (Å²) >= 11 is 0. The second-order valence-electron chi connectivity index (χ2n) is 4.05. The molecular formula is C12H19N3O. The Morgan fingerprint density at radius 3 is 3.00 bits per heavy atom. The summed E-state index contributed by atoms with van der Waals surface area (Å²) in [4.78, 5) is 6.72. The summed E-state index contributed by atoms with van der Waals surface area (Å²) in [5.41, 5.74) is 1.20. The molecule has 1 aromatic heterocycles. The molecule has 16 heavy (non-hydrogen) atoms. The molecule has 1 saturated heterocycles. The number of rotatable bonds is 4. The van der Waals surface area contributed by atoms with Gasteiger partial charge in [-0.3, -0.25) is 4.90 Å². The van der Waals surface area contributed by atoms with Crippen LogP contribution in [0, 0.1) is 6.92 Å². The summed E-state index contributed by atoms with van der Waals surface area (Å²) in [6.45, 7) is 7.89. The molecule has 0 spiro atoms. The van der Waals surface area contributed by atoms with E-state index in [1.807, 2.05) is 12.3 Å². The topological polar surface area (TPSA) is 37.4 Å². The van der Waals surface area contributed by atoms with Crippen LogP contribution in [0.2, 0.25) is 0 Å². The number of aryl methyl sites for hydroxylation is 1. The lowest BCUT2D eigenvalue weighted by molar-refractivity contribution is 0.0398. The van der Waals surface area contributed by atoms with Crippen molar-refractivity contribution in [3.8, 4) is 0 Å². The number of pyridine rings is 1. The SMILES string of the molecule is Cc1cccnc1NCCN1CCOCC1. The first-order chi connectivity index (χ1) is 7.86. The number of aromatic nitrogens is 1. The largest absolute Gasteiger partial charge is 0.379 e. The molecule has 0 aliphatic carbocycles. The number of morpholine rings is 1. The van der Waals surface area contributed by atoms with E-state index in [-0.39, 0.29) is 0 Å². The van der Waals surface area contributed by atoms with Crippen LogP contribution >= 0.6 is 0 Å². The third kappa shape index (κ3) is 3.18. The molecule has 1 aromatic rings. The zero-order valence-corrected chi connectivity index (χ0v) is 9.78. The highest BCUT2D eigenvalue weighted by Crippen LogP contribution is 2.08. The van der Waals surface area contributed by atoms with Gasteiger partial charge in [0.25, 0.3) is 0 Å². The quantitative estimate of drug-likeness (QED) is 0.827. The Morgan fingerprint density at radius 2 is 2.25 bits per heavy atom. The fourth-order valence-corrected chi connectivity index (χ4v) is 1.83. The van der Waals surface area contributed by atoms with Gasteiger partial charge in [0.05, 0.1) is 13.2 Å². The molecule has 88 valence electrons. The minimum atomic E-state index is 0.864. The fraction of sp³-hybridized carbons (Fsp3) is 0.583. The maximum absolute atomic E-state index is 5.31. The predicted octanol–water partition coefficient (Wildman–Crippen LogP) is 1.13. The summed E-state index contributed by atoms with van der Waals surface area (Å²) in [6, 6.07) is 4.03. The van der Waals surface area contributed by atoms with E-state index in [1.54, 1.807) is 0 Å². The molecule has 0 aromatic carbocycles. The summed E-state index contributed by atoms with van der Waals surface area (Å²) in [5, 5.41) is 3.37. The van der Waals surface area contributed by atoms with Gasteiger partial charge in [0.15, 0.2) is 0 Å². The van der Waals surface area contributed by atoms with Crippen LogP contribution in [-0.2, 0) is 4.74 Å². The average molecular weight is 221 g/mol. The summed E-state index contributed by atoms with van der Waals surface area (Å²) < 4.78 is 5.31. The van der Waals surface area contributed by atoms with Crippen molar-refractivity contribution in [1.82, 2.24) is 9.88 Å². The van der Waals surface area contributed by atoms with Crippen LogP contribution < -0.4 is 5.32 Å². The molecule has 0 unspecified atom stereocenters. The third-order valence-corrected chi connectivity index (χ3v) is 2.83. The van der Waals surface area contributed by atoms with Crippen LogP contribution in [0.5, 0.6) is 0 Å². The molecule has 1 aliphatic rings. The van der Waals surface area contributed by atoms with Crippen molar-refractivity contribution in [3.05, 3.63) is 23.9 Å². The number of ether oxygens (including phenoxy) is 1. The van der Waals surface area contributed by atoms with E-state index in [1.165, 1.54) is 5.56 Å². The number of hydrogen-bond acceptors (Lipinski definition) is 4. The van der Waals surface area contributed by atoms with E-state index >= 15 is 0 Å². The van der Waals surface area contributed by atoms with Crippen LogP contribution in [0.3, 0.4) is 0 Å². The van der Waals surface area contributed by atoms with Crippen LogP contribution in [0.15, 0.2) is 18.3 Å². The minimum Gasteiger partial charge on any atom is -0.379 e. The Labute approximate surface area is 96.6 Å². The minimum absolute atomic E-state index is 0.864.